The summed E-state index contributed by atoms with van der Waals surface area (Å²) in [6, 6.07) is 6.16. The van der Waals surface area contributed by atoms with Crippen LogP contribution in [-0.2, 0) is 0 Å². The van der Waals surface area contributed by atoms with Crippen molar-refractivity contribution in [1.29, 1.82) is 0 Å². The highest BCUT2D eigenvalue weighted by molar-refractivity contribution is 9.10. The third kappa shape index (κ3) is 3.02. The van der Waals surface area contributed by atoms with E-state index in [0.29, 0.717) is 0 Å². The van der Waals surface area contributed by atoms with Crippen LogP contribution in [0.15, 0.2) is 22.7 Å². The molecule has 1 aromatic rings. The van der Waals surface area contributed by atoms with Crippen LogP contribution in [0.5, 0.6) is 0 Å². The van der Waals surface area contributed by atoms with Crippen LogP contribution in [0.2, 0.25) is 0 Å². The van der Waals surface area contributed by atoms with Gasteiger partial charge in [0.05, 0.1) is 11.8 Å². The van der Waals surface area contributed by atoms with E-state index in [9.17, 15) is 5.11 Å². The molecule has 1 aliphatic heterocycles. The Morgan fingerprint density at radius 1 is 1.35 bits per heavy atom. The number of anilines is 1. The molecule has 1 heterocycles. The minimum atomic E-state index is -0.401. The van der Waals surface area contributed by atoms with E-state index in [-0.39, 0.29) is 0 Å². The first-order valence-corrected chi connectivity index (χ1v) is 7.09. The third-order valence-electron chi connectivity index (χ3n) is 3.58. The van der Waals surface area contributed by atoms with E-state index in [0.717, 1.165) is 29.0 Å². The van der Waals surface area contributed by atoms with E-state index in [2.05, 4.69) is 33.8 Å². The first-order valence-electron chi connectivity index (χ1n) is 6.30. The molecule has 1 aliphatic rings. The summed E-state index contributed by atoms with van der Waals surface area (Å²) >= 11 is 3.61. The van der Waals surface area contributed by atoms with Crippen LogP contribution >= 0.6 is 15.9 Å². The maximum absolute atomic E-state index is 9.55. The predicted molar refractivity (Wildman–Crippen MR) is 75.4 cm³/mol. The van der Waals surface area contributed by atoms with E-state index in [1.807, 2.05) is 12.1 Å². The topological polar surface area (TPSA) is 23.5 Å². The first-order chi connectivity index (χ1) is 8.08. The smallest absolute Gasteiger partial charge is 0.0762 e. The molecule has 1 fully saturated rings. The molecular weight excluding hydrogens is 278 g/mol. The zero-order chi connectivity index (χ0) is 12.4. The Balaban J connectivity index is 2.16. The van der Waals surface area contributed by atoms with Crippen molar-refractivity contribution in [3.8, 4) is 0 Å². The maximum Gasteiger partial charge on any atom is 0.0762 e. The lowest BCUT2D eigenvalue weighted by atomic mass is 9.98. The number of hydrogen-bond donors (Lipinski definition) is 1. The largest absolute Gasteiger partial charge is 0.389 e. The average Bonchev–Trinajstić information content (AvgIpc) is 2.30. The molecule has 0 aromatic heterocycles. The van der Waals surface area contributed by atoms with Crippen LogP contribution in [-0.4, -0.2) is 18.2 Å². The van der Waals surface area contributed by atoms with Gasteiger partial charge in [0.1, 0.15) is 0 Å². The van der Waals surface area contributed by atoms with Crippen molar-refractivity contribution in [3.05, 3.63) is 28.2 Å². The van der Waals surface area contributed by atoms with Gasteiger partial charge in [-0.25, -0.2) is 0 Å². The van der Waals surface area contributed by atoms with Gasteiger partial charge in [0.25, 0.3) is 0 Å². The molecule has 0 bridgehead atoms. The number of halogens is 1. The molecule has 0 spiro atoms. The van der Waals surface area contributed by atoms with Gasteiger partial charge in [-0.3, -0.25) is 0 Å². The van der Waals surface area contributed by atoms with Crippen LogP contribution in [0.25, 0.3) is 0 Å². The normalized spacial score (nSPS) is 19.4. The summed E-state index contributed by atoms with van der Waals surface area (Å²) in [5, 5.41) is 9.55. The quantitative estimate of drug-likeness (QED) is 0.899. The number of piperidine rings is 1. The van der Waals surface area contributed by atoms with Crippen LogP contribution in [0.4, 0.5) is 5.69 Å². The second-order valence-electron chi connectivity index (χ2n) is 5.06. The molecule has 0 saturated carbocycles. The molecule has 1 N–H and O–H groups in total. The molecular formula is C14H20BrNO. The minimum Gasteiger partial charge on any atom is -0.389 e. The summed E-state index contributed by atoms with van der Waals surface area (Å²) in [4.78, 5) is 2.43. The van der Waals surface area contributed by atoms with Crippen molar-refractivity contribution in [1.82, 2.24) is 0 Å². The Morgan fingerprint density at radius 2 is 2.00 bits per heavy atom. The van der Waals surface area contributed by atoms with Gasteiger partial charge in [-0.1, -0.05) is 13.0 Å². The van der Waals surface area contributed by atoms with Gasteiger partial charge in [0.15, 0.2) is 0 Å². The zero-order valence-electron chi connectivity index (χ0n) is 10.5. The maximum atomic E-state index is 9.55. The standard InChI is InChI=1S/C14H20BrNO/c1-10-5-7-16(8-6-10)14-4-3-12(11(2)17)9-13(14)15/h3-4,9-11,17H,5-8H2,1-2H3/t11-/m0/s1. The number of aliphatic hydroxyl groups excluding tert-OH is 1. The van der Waals surface area contributed by atoms with Crippen LogP contribution < -0.4 is 4.90 Å². The minimum absolute atomic E-state index is 0.401. The lowest BCUT2D eigenvalue weighted by Crippen LogP contribution is -2.32. The van der Waals surface area contributed by atoms with E-state index in [1.165, 1.54) is 18.5 Å². The Hall–Kier alpha value is -0.540. The van der Waals surface area contributed by atoms with E-state index in [1.54, 1.807) is 6.92 Å². The SMILES string of the molecule is CC1CCN(c2ccc([C@H](C)O)cc2Br)CC1. The molecule has 1 atom stereocenters. The van der Waals surface area contributed by atoms with Crippen LogP contribution in [0, 0.1) is 5.92 Å². The van der Waals surface area contributed by atoms with Crippen molar-refractivity contribution < 1.29 is 5.11 Å². The molecule has 2 nitrogen and oxygen atoms in total. The predicted octanol–water partition coefficient (Wildman–Crippen LogP) is 3.74. The summed E-state index contributed by atoms with van der Waals surface area (Å²) in [5.74, 6) is 0.849. The second kappa shape index (κ2) is 5.40. The van der Waals surface area contributed by atoms with Gasteiger partial charge < -0.3 is 10.0 Å². The highest BCUT2D eigenvalue weighted by Gasteiger charge is 2.18. The Morgan fingerprint density at radius 3 is 2.53 bits per heavy atom. The van der Waals surface area contributed by atoms with E-state index in [4.69, 9.17) is 0 Å². The number of benzene rings is 1. The van der Waals surface area contributed by atoms with Crippen molar-refractivity contribution >= 4 is 21.6 Å². The van der Waals surface area contributed by atoms with Gasteiger partial charge in [-0.2, -0.15) is 0 Å². The number of nitrogens with zero attached hydrogens (tertiary/aromatic N) is 1. The molecule has 3 heteroatoms. The Labute approximate surface area is 112 Å². The van der Waals surface area contributed by atoms with Crippen molar-refractivity contribution in [3.63, 3.8) is 0 Å². The van der Waals surface area contributed by atoms with E-state index >= 15 is 0 Å². The van der Waals surface area contributed by atoms with Gasteiger partial charge >= 0.3 is 0 Å². The molecule has 0 amide bonds. The monoisotopic (exact) mass is 297 g/mol. The summed E-state index contributed by atoms with van der Waals surface area (Å²) in [6.07, 6.45) is 2.14. The highest BCUT2D eigenvalue weighted by atomic mass is 79.9. The second-order valence-corrected chi connectivity index (χ2v) is 5.91. The summed E-state index contributed by atoms with van der Waals surface area (Å²) in [6.45, 7) is 6.38. The molecule has 17 heavy (non-hydrogen) atoms. The van der Waals surface area contributed by atoms with Crippen LogP contribution in [0.1, 0.15) is 38.4 Å². The number of rotatable bonds is 2. The molecule has 94 valence electrons. The summed E-state index contributed by atoms with van der Waals surface area (Å²) < 4.78 is 1.09. The zero-order valence-corrected chi connectivity index (χ0v) is 12.1. The first kappa shape index (κ1) is 12.9. The summed E-state index contributed by atoms with van der Waals surface area (Å²) in [7, 11) is 0. The fourth-order valence-corrected chi connectivity index (χ4v) is 2.94. The fraction of sp³-hybridized carbons (Fsp3) is 0.571. The lowest BCUT2D eigenvalue weighted by molar-refractivity contribution is 0.199. The Bertz CT molecular complexity index is 384. The average molecular weight is 298 g/mol. The molecule has 1 aromatic carbocycles. The van der Waals surface area contributed by atoms with Gasteiger partial charge in [0.2, 0.25) is 0 Å². The lowest BCUT2D eigenvalue weighted by Gasteiger charge is -2.33. The fourth-order valence-electron chi connectivity index (χ4n) is 2.29. The molecule has 0 unspecified atom stereocenters. The van der Waals surface area contributed by atoms with Gasteiger partial charge in [-0.05, 0) is 59.3 Å². The highest BCUT2D eigenvalue weighted by Crippen LogP contribution is 2.32. The van der Waals surface area contributed by atoms with Crippen molar-refractivity contribution in [2.75, 3.05) is 18.0 Å². The number of aliphatic hydroxyl groups is 1. The molecule has 1 saturated heterocycles. The van der Waals surface area contributed by atoms with E-state index < -0.39 is 6.10 Å². The number of hydrogen-bond acceptors (Lipinski definition) is 2. The Kier molecular flexibility index (Phi) is 4.10. The molecule has 2 rings (SSSR count). The van der Waals surface area contributed by atoms with Gasteiger partial charge in [-0.15, -0.1) is 0 Å². The molecule has 0 aliphatic carbocycles. The summed E-state index contributed by atoms with van der Waals surface area (Å²) in [5.41, 5.74) is 2.22. The van der Waals surface area contributed by atoms with Crippen molar-refractivity contribution in [2.24, 2.45) is 5.92 Å². The van der Waals surface area contributed by atoms with Crippen molar-refractivity contribution in [2.45, 2.75) is 32.8 Å². The van der Waals surface area contributed by atoms with Crippen LogP contribution in [0.3, 0.4) is 0 Å². The van der Waals surface area contributed by atoms with Gasteiger partial charge in [0, 0.05) is 17.6 Å². The third-order valence-corrected chi connectivity index (χ3v) is 4.21. The molecule has 0 radical (unpaired) electrons.